The molecule has 90 valence electrons. The van der Waals surface area contributed by atoms with Gasteiger partial charge in [-0.15, -0.1) is 11.3 Å². The summed E-state index contributed by atoms with van der Waals surface area (Å²) in [5.74, 6) is -0.169. The zero-order valence-electron chi connectivity index (χ0n) is 10.0. The van der Waals surface area contributed by atoms with Crippen LogP contribution in [0.3, 0.4) is 0 Å². The van der Waals surface area contributed by atoms with Gasteiger partial charge < -0.3 is 4.74 Å². The lowest BCUT2D eigenvalue weighted by Gasteiger charge is -2.17. The highest BCUT2D eigenvalue weighted by molar-refractivity contribution is 7.09. The van der Waals surface area contributed by atoms with Gasteiger partial charge in [0, 0.05) is 11.1 Å². The monoisotopic (exact) mass is 242 g/mol. The minimum absolute atomic E-state index is 0.169. The second-order valence-electron chi connectivity index (χ2n) is 3.49. The highest BCUT2D eigenvalue weighted by atomic mass is 32.1. The van der Waals surface area contributed by atoms with Crippen LogP contribution in [0.15, 0.2) is 5.38 Å². The first-order chi connectivity index (χ1) is 7.65. The Kier molecular flexibility index (Phi) is 5.42. The number of ether oxygens (including phenoxy) is 1. The van der Waals surface area contributed by atoms with Crippen molar-refractivity contribution in [1.82, 2.24) is 9.88 Å². The van der Waals surface area contributed by atoms with Gasteiger partial charge in [0.25, 0.3) is 0 Å². The fourth-order valence-corrected chi connectivity index (χ4v) is 2.15. The number of thiazole rings is 1. The predicted octanol–water partition coefficient (Wildman–Crippen LogP) is 1.84. The van der Waals surface area contributed by atoms with Crippen LogP contribution in [0.1, 0.15) is 24.5 Å². The normalized spacial score (nSPS) is 10.8. The van der Waals surface area contributed by atoms with Crippen molar-refractivity contribution in [2.75, 3.05) is 19.7 Å². The van der Waals surface area contributed by atoms with Crippen LogP contribution in [0.5, 0.6) is 0 Å². The Morgan fingerprint density at radius 1 is 1.56 bits per heavy atom. The Balaban J connectivity index is 2.45. The van der Waals surface area contributed by atoms with E-state index in [9.17, 15) is 4.79 Å². The molecule has 5 heteroatoms. The first-order valence-electron chi connectivity index (χ1n) is 5.44. The molecule has 0 spiro atoms. The van der Waals surface area contributed by atoms with Crippen LogP contribution in [0.2, 0.25) is 0 Å². The molecule has 0 unspecified atom stereocenters. The number of aromatic nitrogens is 1. The Labute approximate surface area is 100 Å². The SMILES string of the molecule is CCOC(=O)CN(CC)Cc1nc(C)cs1. The molecule has 1 aromatic heterocycles. The quantitative estimate of drug-likeness (QED) is 0.714. The molecule has 1 aromatic rings. The van der Waals surface area contributed by atoms with Crippen LogP contribution in [0, 0.1) is 6.92 Å². The molecular weight excluding hydrogens is 224 g/mol. The van der Waals surface area contributed by atoms with Crippen molar-refractivity contribution in [3.8, 4) is 0 Å². The summed E-state index contributed by atoms with van der Waals surface area (Å²) in [5.41, 5.74) is 1.03. The summed E-state index contributed by atoms with van der Waals surface area (Å²) in [6.07, 6.45) is 0. The third-order valence-electron chi connectivity index (χ3n) is 2.13. The molecule has 1 heterocycles. The van der Waals surface area contributed by atoms with Crippen LogP contribution in [0.4, 0.5) is 0 Å². The number of esters is 1. The second-order valence-corrected chi connectivity index (χ2v) is 4.43. The second kappa shape index (κ2) is 6.60. The van der Waals surface area contributed by atoms with Gasteiger partial charge in [0.1, 0.15) is 5.01 Å². The molecule has 0 fully saturated rings. The fourth-order valence-electron chi connectivity index (χ4n) is 1.34. The number of rotatable bonds is 6. The van der Waals surface area contributed by atoms with Gasteiger partial charge in [-0.3, -0.25) is 9.69 Å². The standard InChI is InChI=1S/C11H18N2O2S/c1-4-13(7-11(14)15-5-2)6-10-12-9(3)8-16-10/h8H,4-7H2,1-3H3. The van der Waals surface area contributed by atoms with Crippen LogP contribution in [-0.4, -0.2) is 35.5 Å². The van der Waals surface area contributed by atoms with Crippen molar-refractivity contribution >= 4 is 17.3 Å². The summed E-state index contributed by atoms with van der Waals surface area (Å²) in [4.78, 5) is 17.7. The number of carbonyl (C=O) groups is 1. The Hall–Kier alpha value is -0.940. The lowest BCUT2D eigenvalue weighted by Crippen LogP contribution is -2.30. The van der Waals surface area contributed by atoms with E-state index < -0.39 is 0 Å². The average molecular weight is 242 g/mol. The van der Waals surface area contributed by atoms with Crippen molar-refractivity contribution in [2.45, 2.75) is 27.3 Å². The summed E-state index contributed by atoms with van der Waals surface area (Å²) >= 11 is 1.63. The number of hydrogen-bond donors (Lipinski definition) is 0. The van der Waals surface area contributed by atoms with Gasteiger partial charge in [-0.25, -0.2) is 4.98 Å². The van der Waals surface area contributed by atoms with Gasteiger partial charge in [0.05, 0.1) is 19.7 Å². The molecule has 0 atom stereocenters. The summed E-state index contributed by atoms with van der Waals surface area (Å²) in [6, 6.07) is 0. The zero-order chi connectivity index (χ0) is 12.0. The summed E-state index contributed by atoms with van der Waals surface area (Å²) in [5, 5.41) is 3.07. The molecule has 1 rings (SSSR count). The van der Waals surface area contributed by atoms with E-state index in [1.54, 1.807) is 11.3 Å². The molecule has 0 N–H and O–H groups in total. The fraction of sp³-hybridized carbons (Fsp3) is 0.636. The molecule has 0 amide bonds. The van der Waals surface area contributed by atoms with E-state index in [1.807, 2.05) is 31.1 Å². The molecule has 0 aliphatic rings. The lowest BCUT2D eigenvalue weighted by atomic mass is 10.4. The van der Waals surface area contributed by atoms with Crippen LogP contribution in [0.25, 0.3) is 0 Å². The Morgan fingerprint density at radius 3 is 2.81 bits per heavy atom. The maximum absolute atomic E-state index is 11.3. The van der Waals surface area contributed by atoms with Crippen LogP contribution >= 0.6 is 11.3 Å². The molecule has 0 aliphatic heterocycles. The Bertz CT molecular complexity index is 338. The number of hydrogen-bond acceptors (Lipinski definition) is 5. The smallest absolute Gasteiger partial charge is 0.320 e. The predicted molar refractivity (Wildman–Crippen MR) is 64.4 cm³/mol. The molecule has 0 saturated heterocycles. The maximum Gasteiger partial charge on any atom is 0.320 e. The van der Waals surface area contributed by atoms with Gasteiger partial charge >= 0.3 is 5.97 Å². The average Bonchev–Trinajstić information content (AvgIpc) is 2.63. The first-order valence-corrected chi connectivity index (χ1v) is 6.32. The lowest BCUT2D eigenvalue weighted by molar-refractivity contribution is -0.144. The Morgan fingerprint density at radius 2 is 2.31 bits per heavy atom. The number of carbonyl (C=O) groups excluding carboxylic acids is 1. The molecule has 0 aromatic carbocycles. The summed E-state index contributed by atoms with van der Waals surface area (Å²) < 4.78 is 4.92. The van der Waals surface area contributed by atoms with E-state index in [4.69, 9.17) is 4.74 Å². The third kappa shape index (κ3) is 4.28. The van der Waals surface area contributed by atoms with E-state index in [1.165, 1.54) is 0 Å². The van der Waals surface area contributed by atoms with Gasteiger partial charge in [0.2, 0.25) is 0 Å². The van der Waals surface area contributed by atoms with Crippen molar-refractivity contribution in [2.24, 2.45) is 0 Å². The topological polar surface area (TPSA) is 42.4 Å². The highest BCUT2D eigenvalue weighted by Crippen LogP contribution is 2.11. The minimum atomic E-state index is -0.169. The third-order valence-corrected chi connectivity index (χ3v) is 3.08. The number of aryl methyl sites for hydroxylation is 1. The molecule has 0 saturated carbocycles. The number of likely N-dealkylation sites (N-methyl/N-ethyl adjacent to an activating group) is 1. The summed E-state index contributed by atoms with van der Waals surface area (Å²) in [7, 11) is 0. The van der Waals surface area contributed by atoms with Gasteiger partial charge in [-0.2, -0.15) is 0 Å². The van der Waals surface area contributed by atoms with E-state index in [0.717, 1.165) is 17.2 Å². The summed E-state index contributed by atoms with van der Waals surface area (Å²) in [6.45, 7) is 8.13. The van der Waals surface area contributed by atoms with Gasteiger partial charge in [-0.1, -0.05) is 6.92 Å². The molecule has 0 aliphatic carbocycles. The molecular formula is C11H18N2O2S. The molecule has 0 radical (unpaired) electrons. The van der Waals surface area contributed by atoms with Crippen molar-refractivity contribution < 1.29 is 9.53 Å². The maximum atomic E-state index is 11.3. The van der Waals surface area contributed by atoms with Crippen molar-refractivity contribution in [3.63, 3.8) is 0 Å². The van der Waals surface area contributed by atoms with Crippen molar-refractivity contribution in [3.05, 3.63) is 16.1 Å². The van der Waals surface area contributed by atoms with Crippen LogP contribution in [-0.2, 0) is 16.1 Å². The van der Waals surface area contributed by atoms with Gasteiger partial charge in [-0.05, 0) is 20.4 Å². The first kappa shape index (κ1) is 13.1. The van der Waals surface area contributed by atoms with Crippen molar-refractivity contribution in [1.29, 1.82) is 0 Å². The van der Waals surface area contributed by atoms with E-state index in [0.29, 0.717) is 19.7 Å². The van der Waals surface area contributed by atoms with Crippen LogP contribution < -0.4 is 0 Å². The zero-order valence-corrected chi connectivity index (χ0v) is 10.8. The molecule has 4 nitrogen and oxygen atoms in total. The molecule has 16 heavy (non-hydrogen) atoms. The van der Waals surface area contributed by atoms with E-state index in [2.05, 4.69) is 4.98 Å². The van der Waals surface area contributed by atoms with Gasteiger partial charge in [0.15, 0.2) is 0 Å². The number of nitrogens with zero attached hydrogens (tertiary/aromatic N) is 2. The molecule has 0 bridgehead atoms. The van der Waals surface area contributed by atoms with E-state index >= 15 is 0 Å². The van der Waals surface area contributed by atoms with E-state index in [-0.39, 0.29) is 5.97 Å². The highest BCUT2D eigenvalue weighted by Gasteiger charge is 2.11. The largest absolute Gasteiger partial charge is 0.465 e. The minimum Gasteiger partial charge on any atom is -0.465 e.